The molecule has 2 aromatic rings. The van der Waals surface area contributed by atoms with E-state index >= 15 is 0 Å². The molecule has 270 valence electrons. The summed E-state index contributed by atoms with van der Waals surface area (Å²) >= 11 is 3.48. The monoisotopic (exact) mass is 758 g/mol. The topological polar surface area (TPSA) is 142 Å². The highest BCUT2D eigenvalue weighted by Crippen LogP contribution is 2.38. The van der Waals surface area contributed by atoms with Crippen LogP contribution in [0.5, 0.6) is 0 Å². The molecule has 11 nitrogen and oxygen atoms in total. The van der Waals surface area contributed by atoms with E-state index in [1.54, 1.807) is 24.8 Å². The van der Waals surface area contributed by atoms with Crippen LogP contribution in [0.1, 0.15) is 67.1 Å². The van der Waals surface area contributed by atoms with Crippen molar-refractivity contribution in [3.05, 3.63) is 53.2 Å². The molecule has 0 radical (unpaired) electrons. The van der Waals surface area contributed by atoms with Gasteiger partial charge in [0.15, 0.2) is 8.32 Å². The van der Waals surface area contributed by atoms with E-state index < -0.39 is 37.8 Å². The van der Waals surface area contributed by atoms with Crippen molar-refractivity contribution in [2.24, 2.45) is 11.3 Å². The Balaban J connectivity index is 1.60. The number of benzene rings is 1. The predicted octanol–water partition coefficient (Wildman–Crippen LogP) is 4.83. The smallest absolute Gasteiger partial charge is 0.244 e. The Kier molecular flexibility index (Phi) is 13.4. The lowest BCUT2D eigenvalue weighted by molar-refractivity contribution is -0.139. The van der Waals surface area contributed by atoms with Gasteiger partial charge in [-0.1, -0.05) is 68.8 Å². The zero-order valence-electron chi connectivity index (χ0n) is 30.7. The molecule has 0 bridgehead atoms. The fourth-order valence-electron chi connectivity index (χ4n) is 5.10. The number of hydrogen-bond donors (Lipinski definition) is 4. The number of aromatic nitrogens is 1. The van der Waals surface area contributed by atoms with E-state index in [-0.39, 0.29) is 47.9 Å². The maximum Gasteiger partial charge on any atom is 0.244 e. The molecule has 4 amide bonds. The van der Waals surface area contributed by atoms with Gasteiger partial charge in [0.1, 0.15) is 18.1 Å². The average molecular weight is 760 g/mol. The second-order valence-corrected chi connectivity index (χ2v) is 20.9. The minimum atomic E-state index is -2.14. The molecule has 13 heteroatoms. The quantitative estimate of drug-likeness (QED) is 0.169. The van der Waals surface area contributed by atoms with Gasteiger partial charge in [-0.3, -0.25) is 24.2 Å². The van der Waals surface area contributed by atoms with Gasteiger partial charge in [-0.25, -0.2) is 0 Å². The molecule has 0 saturated carbocycles. The molecular formula is C36H55BrN6O5Si. The third-order valence-electron chi connectivity index (χ3n) is 9.75. The number of pyridine rings is 1. The van der Waals surface area contributed by atoms with Crippen LogP contribution in [0.3, 0.4) is 0 Å². The first-order valence-electron chi connectivity index (χ1n) is 17.0. The normalized spacial score (nSPS) is 18.6. The zero-order valence-corrected chi connectivity index (χ0v) is 33.3. The largest absolute Gasteiger partial charge is 0.415 e. The predicted molar refractivity (Wildman–Crippen MR) is 200 cm³/mol. The first-order valence-corrected chi connectivity index (χ1v) is 20.7. The van der Waals surface area contributed by atoms with Crippen molar-refractivity contribution in [2.75, 3.05) is 26.2 Å². The molecular weight excluding hydrogens is 704 g/mol. The van der Waals surface area contributed by atoms with Gasteiger partial charge in [-0.15, -0.1) is 6.58 Å². The van der Waals surface area contributed by atoms with Crippen molar-refractivity contribution in [3.63, 3.8) is 0 Å². The summed E-state index contributed by atoms with van der Waals surface area (Å²) in [6, 6.07) is 6.98. The summed E-state index contributed by atoms with van der Waals surface area (Å²) in [5.74, 6) is -1.65. The maximum atomic E-state index is 13.5. The Morgan fingerprint density at radius 2 is 1.73 bits per heavy atom. The van der Waals surface area contributed by atoms with E-state index in [9.17, 15) is 19.2 Å². The Bertz CT molecular complexity index is 1550. The van der Waals surface area contributed by atoms with Crippen molar-refractivity contribution in [1.82, 2.24) is 31.2 Å². The lowest BCUT2D eigenvalue weighted by Crippen LogP contribution is -2.62. The summed E-state index contributed by atoms with van der Waals surface area (Å²) in [4.78, 5) is 60.1. The molecule has 0 unspecified atom stereocenters. The maximum absolute atomic E-state index is 13.5. The van der Waals surface area contributed by atoms with Crippen LogP contribution in [0, 0.1) is 11.3 Å². The number of carbonyl (C=O) groups excluding carboxylic acids is 4. The van der Waals surface area contributed by atoms with Gasteiger partial charge in [0.2, 0.25) is 23.6 Å². The molecule has 1 saturated heterocycles. The number of carbonyl (C=O) groups is 4. The van der Waals surface area contributed by atoms with Gasteiger partial charge in [-0.05, 0) is 63.0 Å². The highest BCUT2D eigenvalue weighted by molar-refractivity contribution is 9.10. The van der Waals surface area contributed by atoms with Crippen molar-refractivity contribution in [1.29, 1.82) is 0 Å². The van der Waals surface area contributed by atoms with E-state index in [4.69, 9.17) is 9.41 Å². The number of nitrogens with zero attached hydrogens (tertiary/aromatic N) is 2. The van der Waals surface area contributed by atoms with Crippen LogP contribution in [0.15, 0.2) is 47.5 Å². The van der Waals surface area contributed by atoms with Crippen molar-refractivity contribution >= 4 is 58.8 Å². The van der Waals surface area contributed by atoms with Crippen LogP contribution in [-0.4, -0.2) is 86.2 Å². The number of amides is 4. The van der Waals surface area contributed by atoms with Gasteiger partial charge in [0.25, 0.3) is 0 Å². The Morgan fingerprint density at radius 1 is 1.08 bits per heavy atom. The first kappa shape index (κ1) is 40.3. The molecule has 2 heterocycles. The molecule has 1 aliphatic rings. The molecule has 0 spiro atoms. The van der Waals surface area contributed by atoms with Gasteiger partial charge in [-0.2, -0.15) is 0 Å². The Hall–Kier alpha value is -3.13. The second-order valence-electron chi connectivity index (χ2n) is 15.2. The highest BCUT2D eigenvalue weighted by atomic mass is 79.9. The number of hydrogen-bond acceptors (Lipinski definition) is 7. The van der Waals surface area contributed by atoms with E-state index in [2.05, 4.69) is 77.6 Å². The summed E-state index contributed by atoms with van der Waals surface area (Å²) in [6.45, 7) is 24.5. The molecule has 49 heavy (non-hydrogen) atoms. The SMILES string of the molecule is C=C[C@](C)(CO[Si](C)(C)C(C)(C)C)C(=O)N[C@H](C(=O)N[C@@H](C)C(=O)N1CCN[C@H](C(=O)N[C@H](C)c2ccc3ccc(Br)cc3n2)C1)C(C)C. The van der Waals surface area contributed by atoms with Crippen LogP contribution in [-0.2, 0) is 23.6 Å². The summed E-state index contributed by atoms with van der Waals surface area (Å²) in [5, 5.41) is 12.9. The molecule has 1 aromatic carbocycles. The summed E-state index contributed by atoms with van der Waals surface area (Å²) in [6.07, 6.45) is 1.56. The van der Waals surface area contributed by atoms with Crippen LogP contribution in [0.25, 0.3) is 10.9 Å². The second kappa shape index (κ2) is 16.3. The molecule has 1 fully saturated rings. The van der Waals surface area contributed by atoms with Crippen molar-refractivity contribution < 1.29 is 23.6 Å². The van der Waals surface area contributed by atoms with Crippen LogP contribution < -0.4 is 21.3 Å². The lowest BCUT2D eigenvalue weighted by Gasteiger charge is -2.39. The van der Waals surface area contributed by atoms with E-state index in [0.717, 1.165) is 21.1 Å². The van der Waals surface area contributed by atoms with E-state index in [0.29, 0.717) is 13.1 Å². The number of halogens is 1. The summed E-state index contributed by atoms with van der Waals surface area (Å²) in [5.41, 5.74) is 0.489. The van der Waals surface area contributed by atoms with Gasteiger partial charge in [0, 0.05) is 29.5 Å². The van der Waals surface area contributed by atoms with Crippen molar-refractivity contribution in [2.45, 2.75) is 97.7 Å². The molecule has 0 aliphatic carbocycles. The van der Waals surface area contributed by atoms with Gasteiger partial charge < -0.3 is 30.6 Å². The summed E-state index contributed by atoms with van der Waals surface area (Å²) < 4.78 is 7.26. The number of nitrogens with one attached hydrogen (secondary N) is 4. The molecule has 1 aliphatic heterocycles. The van der Waals surface area contributed by atoms with Crippen LogP contribution in [0.4, 0.5) is 0 Å². The van der Waals surface area contributed by atoms with Gasteiger partial charge in [0.05, 0.1) is 29.3 Å². The van der Waals surface area contributed by atoms with E-state index in [1.165, 1.54) is 0 Å². The average Bonchev–Trinajstić information content (AvgIpc) is 3.04. The number of piperazine rings is 1. The Morgan fingerprint density at radius 3 is 2.35 bits per heavy atom. The standard InChI is InChI=1S/C36H55BrN6O5Si/c1-12-36(9,21-48-49(10,11)35(6,7)8)34(47)42-30(22(2)3)32(45)40-24(5)33(46)43-18-17-38-29(20-43)31(44)39-23(4)27-16-14-25-13-15-26(37)19-28(25)41-27/h12-16,19,22-24,29-30,38H,1,17-18,20-21H2,2-11H3,(H,39,44)(H,40,45)(H,42,47)/t23-,24+,29+,30+,36-/m1/s1. The Labute approximate surface area is 301 Å². The minimum Gasteiger partial charge on any atom is -0.415 e. The molecule has 4 N–H and O–H groups in total. The zero-order chi connectivity index (χ0) is 36.9. The highest BCUT2D eigenvalue weighted by Gasteiger charge is 2.42. The molecule has 3 rings (SSSR count). The van der Waals surface area contributed by atoms with Crippen molar-refractivity contribution in [3.8, 4) is 0 Å². The van der Waals surface area contributed by atoms with Crippen LogP contribution >= 0.6 is 15.9 Å². The lowest BCUT2D eigenvalue weighted by atomic mass is 9.89. The third-order valence-corrected chi connectivity index (χ3v) is 14.7. The fraction of sp³-hybridized carbons (Fsp3) is 0.583. The number of rotatable bonds is 13. The first-order chi connectivity index (χ1) is 22.7. The van der Waals surface area contributed by atoms with E-state index in [1.807, 2.05) is 51.1 Å². The molecule has 1 aromatic heterocycles. The van der Waals surface area contributed by atoms with Gasteiger partial charge >= 0.3 is 0 Å². The minimum absolute atomic E-state index is 0.0331. The third kappa shape index (κ3) is 10.2. The van der Waals surface area contributed by atoms with Crippen LogP contribution in [0.2, 0.25) is 18.1 Å². The fourth-order valence-corrected chi connectivity index (χ4v) is 6.55. The molecule has 5 atom stereocenters. The summed E-state index contributed by atoms with van der Waals surface area (Å²) in [7, 11) is -2.14. The number of fused-ring (bicyclic) bond motifs is 1.